The van der Waals surface area contributed by atoms with Crippen molar-refractivity contribution in [3.05, 3.63) is 35.4 Å². The van der Waals surface area contributed by atoms with Gasteiger partial charge >= 0.3 is 5.97 Å². The van der Waals surface area contributed by atoms with Crippen LogP contribution in [0.4, 0.5) is 0 Å². The predicted octanol–water partition coefficient (Wildman–Crippen LogP) is 1.91. The topological polar surface area (TPSA) is 26.3 Å². The van der Waals surface area contributed by atoms with Crippen LogP contribution in [-0.4, -0.2) is 12.6 Å². The van der Waals surface area contributed by atoms with Gasteiger partial charge in [-0.2, -0.15) is 0 Å². The first-order chi connectivity index (χ1) is 6.72. The molecule has 2 heteroatoms. The molecule has 72 valence electrons. The fourth-order valence-corrected chi connectivity index (χ4v) is 1.01. The molecule has 0 unspecified atom stereocenters. The van der Waals surface area contributed by atoms with Gasteiger partial charge in [0.15, 0.2) is 0 Å². The van der Waals surface area contributed by atoms with Gasteiger partial charge in [-0.25, -0.2) is 4.79 Å². The van der Waals surface area contributed by atoms with Gasteiger partial charge in [-0.1, -0.05) is 18.1 Å². The van der Waals surface area contributed by atoms with Crippen LogP contribution in [0.3, 0.4) is 0 Å². The molecule has 0 bridgehead atoms. The van der Waals surface area contributed by atoms with E-state index in [1.807, 2.05) is 31.2 Å². The van der Waals surface area contributed by atoms with E-state index in [1.54, 1.807) is 6.92 Å². The van der Waals surface area contributed by atoms with Gasteiger partial charge in [-0.05, 0) is 31.5 Å². The fraction of sp³-hybridized carbons (Fsp3) is 0.250. The Balaban J connectivity index is 2.72. The van der Waals surface area contributed by atoms with Crippen LogP contribution in [0.1, 0.15) is 18.1 Å². The van der Waals surface area contributed by atoms with Gasteiger partial charge in [0, 0.05) is 11.5 Å². The van der Waals surface area contributed by atoms with Gasteiger partial charge in [-0.3, -0.25) is 0 Å². The molecule has 0 saturated carbocycles. The minimum Gasteiger partial charge on any atom is -0.456 e. The molecule has 0 amide bonds. The van der Waals surface area contributed by atoms with Crippen molar-refractivity contribution < 1.29 is 9.53 Å². The molecule has 0 aliphatic heterocycles. The van der Waals surface area contributed by atoms with E-state index in [1.165, 1.54) is 0 Å². The molecule has 2 nitrogen and oxygen atoms in total. The molecule has 14 heavy (non-hydrogen) atoms. The Morgan fingerprint density at radius 2 is 2.29 bits per heavy atom. The number of hydrogen-bond acceptors (Lipinski definition) is 2. The zero-order valence-corrected chi connectivity index (χ0v) is 8.33. The van der Waals surface area contributed by atoms with Crippen LogP contribution in [0.15, 0.2) is 24.3 Å². The molecule has 0 fully saturated rings. The maximum atomic E-state index is 10.9. The summed E-state index contributed by atoms with van der Waals surface area (Å²) in [5, 5.41) is 0. The Hall–Kier alpha value is -1.75. The van der Waals surface area contributed by atoms with Crippen molar-refractivity contribution >= 4 is 5.97 Å². The summed E-state index contributed by atoms with van der Waals surface area (Å²) in [5.41, 5.74) is 1.96. The molecule has 0 radical (unpaired) electrons. The van der Waals surface area contributed by atoms with Gasteiger partial charge in [0.2, 0.25) is 0 Å². The van der Waals surface area contributed by atoms with E-state index in [0.717, 1.165) is 11.1 Å². The summed E-state index contributed by atoms with van der Waals surface area (Å²) >= 11 is 0. The third-order valence-corrected chi connectivity index (χ3v) is 1.60. The van der Waals surface area contributed by atoms with E-state index in [2.05, 4.69) is 16.6 Å². The second kappa shape index (κ2) is 5.08. The van der Waals surface area contributed by atoms with E-state index in [-0.39, 0.29) is 0 Å². The third-order valence-electron chi connectivity index (χ3n) is 1.60. The average Bonchev–Trinajstić information content (AvgIpc) is 2.15. The molecular weight excluding hydrogens is 176 g/mol. The highest BCUT2D eigenvalue weighted by Crippen LogP contribution is 2.01. The molecule has 0 aliphatic rings. The summed E-state index contributed by atoms with van der Waals surface area (Å²) < 4.78 is 4.68. The number of rotatable bonds is 1. The summed E-state index contributed by atoms with van der Waals surface area (Å²) in [6.45, 7) is 4.10. The summed E-state index contributed by atoms with van der Waals surface area (Å²) in [6, 6.07) is 7.67. The molecular formula is C12H12O2. The van der Waals surface area contributed by atoms with Crippen LogP contribution in [0.2, 0.25) is 0 Å². The molecule has 1 aromatic carbocycles. The van der Waals surface area contributed by atoms with Crippen LogP contribution in [-0.2, 0) is 9.53 Å². The standard InChI is InChI=1S/C12H12O2/c1-3-14-12(13)8-7-11-6-4-5-10(2)9-11/h4-6,9H,3H2,1-2H3. The van der Waals surface area contributed by atoms with Crippen molar-refractivity contribution in [1.29, 1.82) is 0 Å². The lowest BCUT2D eigenvalue weighted by molar-refractivity contribution is -0.136. The Morgan fingerprint density at radius 1 is 1.50 bits per heavy atom. The molecule has 0 aromatic heterocycles. The minimum atomic E-state index is -0.478. The van der Waals surface area contributed by atoms with Gasteiger partial charge in [0.25, 0.3) is 0 Å². The number of carbonyl (C=O) groups excluding carboxylic acids is 1. The first-order valence-corrected chi connectivity index (χ1v) is 4.48. The second-order valence-electron chi connectivity index (χ2n) is 2.84. The number of aryl methyl sites for hydroxylation is 1. The van der Waals surface area contributed by atoms with Gasteiger partial charge < -0.3 is 4.74 Å². The highest BCUT2D eigenvalue weighted by Gasteiger charge is 1.92. The summed E-state index contributed by atoms with van der Waals surface area (Å²) in [6.07, 6.45) is 0. The maximum Gasteiger partial charge on any atom is 0.384 e. The predicted molar refractivity (Wildman–Crippen MR) is 54.7 cm³/mol. The van der Waals surface area contributed by atoms with Crippen LogP contribution in [0, 0.1) is 18.8 Å². The lowest BCUT2D eigenvalue weighted by Gasteiger charge is -1.93. The maximum absolute atomic E-state index is 10.9. The molecule has 0 aliphatic carbocycles. The van der Waals surface area contributed by atoms with Crippen molar-refractivity contribution in [3.8, 4) is 11.8 Å². The zero-order chi connectivity index (χ0) is 10.4. The smallest absolute Gasteiger partial charge is 0.384 e. The van der Waals surface area contributed by atoms with E-state index < -0.39 is 5.97 Å². The number of benzene rings is 1. The highest BCUT2D eigenvalue weighted by atomic mass is 16.5. The van der Waals surface area contributed by atoms with Gasteiger partial charge in [0.1, 0.15) is 0 Å². The SMILES string of the molecule is CCOC(=O)C#Cc1cccc(C)c1. The number of hydrogen-bond donors (Lipinski definition) is 0. The molecule has 1 aromatic rings. The first kappa shape index (κ1) is 10.3. The van der Waals surface area contributed by atoms with Crippen molar-refractivity contribution in [3.63, 3.8) is 0 Å². The third kappa shape index (κ3) is 3.32. The quantitative estimate of drug-likeness (QED) is 0.497. The van der Waals surface area contributed by atoms with Crippen LogP contribution >= 0.6 is 0 Å². The van der Waals surface area contributed by atoms with Gasteiger partial charge in [0.05, 0.1) is 6.61 Å². The average molecular weight is 188 g/mol. The number of carbonyl (C=O) groups is 1. The Morgan fingerprint density at radius 3 is 2.93 bits per heavy atom. The Labute approximate surface area is 83.9 Å². The molecule has 0 saturated heterocycles. The lowest BCUT2D eigenvalue weighted by Crippen LogP contribution is -1.99. The largest absolute Gasteiger partial charge is 0.456 e. The fourth-order valence-electron chi connectivity index (χ4n) is 1.01. The number of esters is 1. The van der Waals surface area contributed by atoms with E-state index in [0.29, 0.717) is 6.61 Å². The summed E-state index contributed by atoms with van der Waals surface area (Å²) in [7, 11) is 0. The number of ether oxygens (including phenoxy) is 1. The minimum absolute atomic E-state index is 0.362. The lowest BCUT2D eigenvalue weighted by atomic mass is 10.1. The molecule has 0 atom stereocenters. The zero-order valence-electron chi connectivity index (χ0n) is 8.33. The Kier molecular flexibility index (Phi) is 3.75. The van der Waals surface area contributed by atoms with Crippen LogP contribution in [0.5, 0.6) is 0 Å². The highest BCUT2D eigenvalue weighted by molar-refractivity contribution is 5.89. The van der Waals surface area contributed by atoms with Crippen molar-refractivity contribution in [1.82, 2.24) is 0 Å². The van der Waals surface area contributed by atoms with E-state index in [9.17, 15) is 4.79 Å². The molecule has 0 heterocycles. The monoisotopic (exact) mass is 188 g/mol. The molecule has 0 spiro atoms. The second-order valence-corrected chi connectivity index (χ2v) is 2.84. The van der Waals surface area contributed by atoms with E-state index in [4.69, 9.17) is 0 Å². The van der Waals surface area contributed by atoms with Crippen molar-refractivity contribution in [2.45, 2.75) is 13.8 Å². The molecule has 1 rings (SSSR count). The Bertz CT molecular complexity index is 383. The normalized spacial score (nSPS) is 8.71. The van der Waals surface area contributed by atoms with Crippen LogP contribution < -0.4 is 0 Å². The van der Waals surface area contributed by atoms with Crippen molar-refractivity contribution in [2.24, 2.45) is 0 Å². The van der Waals surface area contributed by atoms with Gasteiger partial charge in [-0.15, -0.1) is 0 Å². The first-order valence-electron chi connectivity index (χ1n) is 4.48. The van der Waals surface area contributed by atoms with E-state index >= 15 is 0 Å². The van der Waals surface area contributed by atoms with Crippen molar-refractivity contribution in [2.75, 3.05) is 6.61 Å². The molecule has 0 N–H and O–H groups in total. The summed E-state index contributed by atoms with van der Waals surface area (Å²) in [5.74, 6) is 4.68. The van der Waals surface area contributed by atoms with Crippen LogP contribution in [0.25, 0.3) is 0 Å². The summed E-state index contributed by atoms with van der Waals surface area (Å²) in [4.78, 5) is 10.9.